The number of nitrogens with one attached hydrogen (secondary N) is 2. The van der Waals surface area contributed by atoms with Gasteiger partial charge in [-0.3, -0.25) is 9.59 Å². The average molecular weight is 445 g/mol. The minimum atomic E-state index is -0.397. The number of carbonyl (C=O) groups is 2. The van der Waals surface area contributed by atoms with Crippen molar-refractivity contribution in [1.82, 2.24) is 0 Å². The van der Waals surface area contributed by atoms with Crippen LogP contribution in [0, 0.1) is 0 Å². The summed E-state index contributed by atoms with van der Waals surface area (Å²) in [5.41, 5.74) is 1.32. The van der Waals surface area contributed by atoms with Crippen LogP contribution in [0.3, 0.4) is 0 Å². The van der Waals surface area contributed by atoms with Crippen molar-refractivity contribution < 1.29 is 23.5 Å². The summed E-state index contributed by atoms with van der Waals surface area (Å²) >= 11 is 3.36. The Hall–Kier alpha value is -3.26. The quantitative estimate of drug-likeness (QED) is 0.581. The van der Waals surface area contributed by atoms with Gasteiger partial charge >= 0.3 is 0 Å². The Labute approximate surface area is 169 Å². The summed E-state index contributed by atoms with van der Waals surface area (Å²) in [7, 11) is 3.04. The van der Waals surface area contributed by atoms with Crippen molar-refractivity contribution in [2.24, 2.45) is 0 Å². The van der Waals surface area contributed by atoms with Crippen LogP contribution < -0.4 is 20.1 Å². The first-order valence-corrected chi connectivity index (χ1v) is 8.99. The zero-order chi connectivity index (χ0) is 20.1. The van der Waals surface area contributed by atoms with Crippen LogP contribution in [0.1, 0.15) is 20.9 Å². The number of furan rings is 1. The molecule has 144 valence electrons. The van der Waals surface area contributed by atoms with E-state index in [1.807, 2.05) is 0 Å². The highest BCUT2D eigenvalue weighted by Crippen LogP contribution is 2.30. The van der Waals surface area contributed by atoms with Crippen LogP contribution in [0.25, 0.3) is 0 Å². The highest BCUT2D eigenvalue weighted by Gasteiger charge is 2.14. The fourth-order valence-corrected chi connectivity index (χ4v) is 3.03. The largest absolute Gasteiger partial charge is 0.496 e. The van der Waals surface area contributed by atoms with Crippen LogP contribution in [0.5, 0.6) is 11.5 Å². The maximum atomic E-state index is 12.6. The first-order valence-electron chi connectivity index (χ1n) is 8.19. The van der Waals surface area contributed by atoms with Crippen molar-refractivity contribution in [3.63, 3.8) is 0 Å². The number of anilines is 2. The van der Waals surface area contributed by atoms with E-state index in [4.69, 9.17) is 13.9 Å². The molecule has 8 heteroatoms. The summed E-state index contributed by atoms with van der Waals surface area (Å²) in [6.45, 7) is 0. The van der Waals surface area contributed by atoms with E-state index in [1.165, 1.54) is 13.4 Å². The molecule has 28 heavy (non-hydrogen) atoms. The van der Waals surface area contributed by atoms with Crippen LogP contribution in [-0.2, 0) is 0 Å². The van der Waals surface area contributed by atoms with E-state index in [0.29, 0.717) is 32.9 Å². The molecule has 7 nitrogen and oxygen atoms in total. The lowest BCUT2D eigenvalue weighted by Gasteiger charge is -2.13. The summed E-state index contributed by atoms with van der Waals surface area (Å²) in [6.07, 6.45) is 1.42. The van der Waals surface area contributed by atoms with Crippen molar-refractivity contribution in [2.45, 2.75) is 0 Å². The third kappa shape index (κ3) is 4.34. The van der Waals surface area contributed by atoms with Crippen molar-refractivity contribution in [3.05, 3.63) is 70.6 Å². The van der Waals surface area contributed by atoms with Gasteiger partial charge in [-0.1, -0.05) is 0 Å². The third-order valence-corrected chi connectivity index (χ3v) is 4.48. The number of halogens is 1. The molecule has 3 aromatic rings. The van der Waals surface area contributed by atoms with Crippen molar-refractivity contribution in [3.8, 4) is 11.5 Å². The van der Waals surface area contributed by atoms with E-state index in [2.05, 4.69) is 26.6 Å². The molecule has 0 saturated carbocycles. The molecule has 0 bridgehead atoms. The van der Waals surface area contributed by atoms with Gasteiger partial charge in [-0.25, -0.2) is 0 Å². The van der Waals surface area contributed by atoms with Crippen molar-refractivity contribution >= 4 is 39.1 Å². The van der Waals surface area contributed by atoms with Gasteiger partial charge in [0.1, 0.15) is 11.5 Å². The van der Waals surface area contributed by atoms with E-state index in [0.717, 1.165) is 0 Å². The molecule has 0 unspecified atom stereocenters. The number of carbonyl (C=O) groups excluding carboxylic acids is 2. The molecule has 0 aliphatic heterocycles. The molecule has 0 aliphatic rings. The molecule has 0 saturated heterocycles. The standard InChI is InChI=1S/C20H17BrN2O5/c1-26-16-7-5-12(10-14(16)21)19(24)23-15-11-13(6-8-17(15)27-2)22-20(25)18-4-3-9-28-18/h3-11H,1-2H3,(H,22,25)(H,23,24). The molecular formula is C20H17BrN2O5. The molecule has 2 aromatic carbocycles. The fraction of sp³-hybridized carbons (Fsp3) is 0.100. The molecule has 1 aromatic heterocycles. The van der Waals surface area contributed by atoms with E-state index >= 15 is 0 Å². The SMILES string of the molecule is COc1ccc(C(=O)Nc2cc(NC(=O)c3ccco3)ccc2OC)cc1Br. The first-order chi connectivity index (χ1) is 13.5. The molecular weight excluding hydrogens is 428 g/mol. The van der Waals surface area contributed by atoms with Gasteiger partial charge in [0.25, 0.3) is 11.8 Å². The number of amides is 2. The minimum Gasteiger partial charge on any atom is -0.496 e. The Balaban J connectivity index is 1.81. The summed E-state index contributed by atoms with van der Waals surface area (Å²) in [6, 6.07) is 13.1. The lowest BCUT2D eigenvalue weighted by molar-refractivity contribution is 0.0995. The monoisotopic (exact) mass is 444 g/mol. The Morgan fingerprint density at radius 1 is 0.929 bits per heavy atom. The van der Waals surface area contributed by atoms with E-state index < -0.39 is 5.91 Å². The molecule has 0 radical (unpaired) electrons. The summed E-state index contributed by atoms with van der Waals surface area (Å²) in [4.78, 5) is 24.8. The Kier molecular flexibility index (Phi) is 6.00. The van der Waals surface area contributed by atoms with Gasteiger partial charge in [0, 0.05) is 11.3 Å². The van der Waals surface area contributed by atoms with E-state index in [9.17, 15) is 9.59 Å². The van der Waals surface area contributed by atoms with Crippen LogP contribution in [0.2, 0.25) is 0 Å². The predicted molar refractivity (Wildman–Crippen MR) is 108 cm³/mol. The molecule has 2 amide bonds. The number of ether oxygens (including phenoxy) is 2. The second-order valence-corrected chi connectivity index (χ2v) is 6.50. The van der Waals surface area contributed by atoms with Gasteiger partial charge in [-0.05, 0) is 64.5 Å². The van der Waals surface area contributed by atoms with Gasteiger partial charge in [0.05, 0.1) is 30.6 Å². The summed E-state index contributed by atoms with van der Waals surface area (Å²) in [5.74, 6) is 0.529. The topological polar surface area (TPSA) is 89.8 Å². The lowest BCUT2D eigenvalue weighted by Crippen LogP contribution is -2.14. The van der Waals surface area contributed by atoms with E-state index in [-0.39, 0.29) is 11.7 Å². The molecule has 0 spiro atoms. The zero-order valence-corrected chi connectivity index (χ0v) is 16.7. The molecule has 3 rings (SSSR count). The summed E-state index contributed by atoms with van der Waals surface area (Å²) < 4.78 is 16.2. The molecule has 0 aliphatic carbocycles. The molecule has 1 heterocycles. The smallest absolute Gasteiger partial charge is 0.291 e. The first kappa shape index (κ1) is 19.5. The normalized spacial score (nSPS) is 10.2. The number of benzene rings is 2. The minimum absolute atomic E-state index is 0.185. The molecule has 0 fully saturated rings. The van der Waals surface area contributed by atoms with Gasteiger partial charge < -0.3 is 24.5 Å². The second kappa shape index (κ2) is 8.62. The third-order valence-electron chi connectivity index (χ3n) is 3.86. The predicted octanol–water partition coefficient (Wildman–Crippen LogP) is 4.56. The molecule has 2 N–H and O–H groups in total. The van der Waals surface area contributed by atoms with Gasteiger partial charge in [-0.2, -0.15) is 0 Å². The van der Waals surface area contributed by atoms with Gasteiger partial charge in [0.2, 0.25) is 0 Å². The summed E-state index contributed by atoms with van der Waals surface area (Å²) in [5, 5.41) is 5.50. The second-order valence-electron chi connectivity index (χ2n) is 5.65. The maximum Gasteiger partial charge on any atom is 0.291 e. The van der Waals surface area contributed by atoms with Crippen LogP contribution in [0.4, 0.5) is 11.4 Å². The van der Waals surface area contributed by atoms with Crippen molar-refractivity contribution in [2.75, 3.05) is 24.9 Å². The van der Waals surface area contributed by atoms with Crippen LogP contribution in [-0.4, -0.2) is 26.0 Å². The van der Waals surface area contributed by atoms with Crippen LogP contribution in [0.15, 0.2) is 63.7 Å². The number of rotatable bonds is 6. The Morgan fingerprint density at radius 3 is 2.32 bits per heavy atom. The fourth-order valence-electron chi connectivity index (χ4n) is 2.49. The van der Waals surface area contributed by atoms with Crippen LogP contribution >= 0.6 is 15.9 Å². The highest BCUT2D eigenvalue weighted by molar-refractivity contribution is 9.10. The lowest BCUT2D eigenvalue weighted by atomic mass is 10.2. The number of methoxy groups -OCH3 is 2. The highest BCUT2D eigenvalue weighted by atomic mass is 79.9. The van der Waals surface area contributed by atoms with Gasteiger partial charge in [0.15, 0.2) is 5.76 Å². The maximum absolute atomic E-state index is 12.6. The van der Waals surface area contributed by atoms with Crippen molar-refractivity contribution in [1.29, 1.82) is 0 Å². The Morgan fingerprint density at radius 2 is 1.68 bits per heavy atom. The molecule has 0 atom stereocenters. The average Bonchev–Trinajstić information content (AvgIpc) is 3.23. The van der Waals surface area contributed by atoms with Gasteiger partial charge in [-0.15, -0.1) is 0 Å². The number of hydrogen-bond donors (Lipinski definition) is 2. The number of hydrogen-bond acceptors (Lipinski definition) is 5. The Bertz CT molecular complexity index is 1000. The van der Waals surface area contributed by atoms with E-state index in [1.54, 1.807) is 55.6 Å². The zero-order valence-electron chi connectivity index (χ0n) is 15.1.